The van der Waals surface area contributed by atoms with Crippen molar-refractivity contribution in [2.75, 3.05) is 0 Å². The van der Waals surface area contributed by atoms with E-state index in [1.165, 1.54) is 0 Å². The highest BCUT2D eigenvalue weighted by Gasteiger charge is 2.21. The van der Waals surface area contributed by atoms with E-state index in [2.05, 4.69) is 20.6 Å². The Kier molecular flexibility index (Phi) is 5.83. The van der Waals surface area contributed by atoms with Crippen LogP contribution in [0.4, 0.5) is 0 Å². The Balaban J connectivity index is 1.55. The van der Waals surface area contributed by atoms with Gasteiger partial charge in [0.05, 0.1) is 11.2 Å². The summed E-state index contributed by atoms with van der Waals surface area (Å²) >= 11 is 0. The second-order valence-corrected chi connectivity index (χ2v) is 6.68. The highest BCUT2D eigenvalue weighted by molar-refractivity contribution is 5.84. The topological polar surface area (TPSA) is 79.8 Å². The molecule has 0 fully saturated rings. The van der Waals surface area contributed by atoms with Crippen molar-refractivity contribution in [2.24, 2.45) is 0 Å². The molecule has 0 aliphatic heterocycles. The summed E-state index contributed by atoms with van der Waals surface area (Å²) in [4.78, 5) is 25.9. The molecule has 144 valence electrons. The second kappa shape index (κ2) is 9.03. The van der Waals surface area contributed by atoms with E-state index < -0.39 is 6.04 Å². The van der Waals surface area contributed by atoms with Crippen molar-refractivity contribution in [3.05, 3.63) is 102 Å². The molecular formula is C23H21N5O. The van der Waals surface area contributed by atoms with Crippen molar-refractivity contribution in [2.45, 2.75) is 19.1 Å². The van der Waals surface area contributed by atoms with Gasteiger partial charge in [0.2, 0.25) is 5.91 Å². The number of nitrogens with zero attached hydrogens (tertiary/aromatic N) is 3. The number of nitrogens with one attached hydrogen (secondary N) is 2. The Morgan fingerprint density at radius 2 is 1.69 bits per heavy atom. The summed E-state index contributed by atoms with van der Waals surface area (Å²) in [5.74, 6) is -0.134. The molecule has 0 spiro atoms. The van der Waals surface area contributed by atoms with E-state index in [0.29, 0.717) is 18.8 Å². The molecule has 1 aromatic carbocycles. The zero-order valence-electron chi connectivity index (χ0n) is 15.8. The number of aromatic nitrogens is 3. The van der Waals surface area contributed by atoms with Gasteiger partial charge in [0.15, 0.2) is 0 Å². The molecular weight excluding hydrogens is 362 g/mol. The summed E-state index contributed by atoms with van der Waals surface area (Å²) in [6.45, 7) is 0.940. The van der Waals surface area contributed by atoms with Crippen molar-refractivity contribution in [3.8, 4) is 0 Å². The Labute approximate surface area is 169 Å². The fourth-order valence-electron chi connectivity index (χ4n) is 3.09. The van der Waals surface area contributed by atoms with Crippen LogP contribution in [0.25, 0.3) is 10.9 Å². The first-order valence-electron chi connectivity index (χ1n) is 9.44. The summed E-state index contributed by atoms with van der Waals surface area (Å²) in [5.41, 5.74) is 3.54. The van der Waals surface area contributed by atoms with E-state index in [9.17, 15) is 4.79 Å². The van der Waals surface area contributed by atoms with Gasteiger partial charge in [-0.15, -0.1) is 0 Å². The molecule has 0 aliphatic carbocycles. The maximum atomic E-state index is 13.0. The third kappa shape index (κ3) is 4.80. The van der Waals surface area contributed by atoms with Crippen LogP contribution < -0.4 is 10.6 Å². The number of hydrogen-bond acceptors (Lipinski definition) is 5. The van der Waals surface area contributed by atoms with Gasteiger partial charge in [-0.05, 0) is 41.5 Å². The number of rotatable bonds is 7. The lowest BCUT2D eigenvalue weighted by Crippen LogP contribution is -2.37. The van der Waals surface area contributed by atoms with Crippen LogP contribution in [-0.4, -0.2) is 20.9 Å². The standard InChI is InChI=1S/C23H21N5O/c29-23(27-16-18-4-3-11-25-14-18)22(26-15-17-9-12-24-13-10-17)21-8-7-19-5-1-2-6-20(19)28-21/h1-14,22,26H,15-16H2,(H,27,29). The van der Waals surface area contributed by atoms with Crippen molar-refractivity contribution >= 4 is 16.8 Å². The Bertz CT molecular complexity index is 1090. The van der Waals surface area contributed by atoms with Gasteiger partial charge in [-0.2, -0.15) is 0 Å². The number of hydrogen-bond donors (Lipinski definition) is 2. The van der Waals surface area contributed by atoms with Crippen LogP contribution in [0.1, 0.15) is 22.9 Å². The van der Waals surface area contributed by atoms with Crippen molar-refractivity contribution in [1.29, 1.82) is 0 Å². The van der Waals surface area contributed by atoms with Crippen LogP contribution in [0.5, 0.6) is 0 Å². The van der Waals surface area contributed by atoms with E-state index in [4.69, 9.17) is 4.98 Å². The summed E-state index contributed by atoms with van der Waals surface area (Å²) in [5, 5.41) is 7.36. The summed E-state index contributed by atoms with van der Waals surface area (Å²) in [6, 6.07) is 18.8. The maximum Gasteiger partial charge on any atom is 0.243 e. The first-order valence-corrected chi connectivity index (χ1v) is 9.44. The van der Waals surface area contributed by atoms with E-state index in [-0.39, 0.29) is 5.91 Å². The van der Waals surface area contributed by atoms with Gasteiger partial charge >= 0.3 is 0 Å². The van der Waals surface area contributed by atoms with Gasteiger partial charge in [0, 0.05) is 43.3 Å². The molecule has 3 aromatic heterocycles. The van der Waals surface area contributed by atoms with Gasteiger partial charge in [-0.25, -0.2) is 0 Å². The number of amides is 1. The fourth-order valence-corrected chi connectivity index (χ4v) is 3.09. The van der Waals surface area contributed by atoms with Gasteiger partial charge in [-0.3, -0.25) is 25.1 Å². The zero-order chi connectivity index (χ0) is 19.9. The summed E-state index contributed by atoms with van der Waals surface area (Å²) in [7, 11) is 0. The molecule has 6 heteroatoms. The highest BCUT2D eigenvalue weighted by Crippen LogP contribution is 2.18. The number of carbonyl (C=O) groups is 1. The fraction of sp³-hybridized carbons (Fsp3) is 0.130. The van der Waals surface area contributed by atoms with Crippen LogP contribution in [-0.2, 0) is 17.9 Å². The average Bonchev–Trinajstić information content (AvgIpc) is 2.79. The predicted octanol–water partition coefficient (Wildman–Crippen LogP) is 3.17. The normalized spacial score (nSPS) is 11.9. The Morgan fingerprint density at radius 3 is 2.52 bits per heavy atom. The Morgan fingerprint density at radius 1 is 0.828 bits per heavy atom. The maximum absolute atomic E-state index is 13.0. The minimum absolute atomic E-state index is 0.134. The van der Waals surface area contributed by atoms with Crippen LogP contribution in [0.3, 0.4) is 0 Å². The number of para-hydroxylation sites is 1. The predicted molar refractivity (Wildman–Crippen MR) is 112 cm³/mol. The van der Waals surface area contributed by atoms with E-state index >= 15 is 0 Å². The largest absolute Gasteiger partial charge is 0.350 e. The minimum Gasteiger partial charge on any atom is -0.350 e. The first-order chi connectivity index (χ1) is 14.3. The number of carbonyl (C=O) groups excluding carboxylic acids is 1. The lowest BCUT2D eigenvalue weighted by molar-refractivity contribution is -0.123. The molecule has 6 nitrogen and oxygen atoms in total. The molecule has 0 saturated carbocycles. The molecule has 2 N–H and O–H groups in total. The smallest absolute Gasteiger partial charge is 0.243 e. The first kappa shape index (κ1) is 18.7. The third-order valence-corrected chi connectivity index (χ3v) is 4.63. The van der Waals surface area contributed by atoms with Crippen molar-refractivity contribution < 1.29 is 4.79 Å². The van der Waals surface area contributed by atoms with Crippen molar-refractivity contribution in [1.82, 2.24) is 25.6 Å². The number of benzene rings is 1. The molecule has 4 aromatic rings. The lowest BCUT2D eigenvalue weighted by Gasteiger charge is -2.19. The van der Waals surface area contributed by atoms with E-state index in [0.717, 1.165) is 22.0 Å². The van der Waals surface area contributed by atoms with Crippen LogP contribution >= 0.6 is 0 Å². The third-order valence-electron chi connectivity index (χ3n) is 4.63. The quantitative estimate of drug-likeness (QED) is 0.512. The van der Waals surface area contributed by atoms with Gasteiger partial charge in [0.1, 0.15) is 6.04 Å². The molecule has 0 bridgehead atoms. The molecule has 1 atom stereocenters. The SMILES string of the molecule is O=C(NCc1cccnc1)C(NCc1ccncc1)c1ccc2ccccc2n1. The van der Waals surface area contributed by atoms with Gasteiger partial charge in [0.25, 0.3) is 0 Å². The average molecular weight is 383 g/mol. The van der Waals surface area contributed by atoms with Crippen LogP contribution in [0.15, 0.2) is 85.5 Å². The molecule has 29 heavy (non-hydrogen) atoms. The van der Waals surface area contributed by atoms with Gasteiger partial charge < -0.3 is 5.32 Å². The van der Waals surface area contributed by atoms with Gasteiger partial charge in [-0.1, -0.05) is 30.3 Å². The summed E-state index contributed by atoms with van der Waals surface area (Å²) in [6.07, 6.45) is 6.93. The summed E-state index contributed by atoms with van der Waals surface area (Å²) < 4.78 is 0. The van der Waals surface area contributed by atoms with Crippen LogP contribution in [0, 0.1) is 0 Å². The lowest BCUT2D eigenvalue weighted by atomic mass is 10.1. The number of fused-ring (bicyclic) bond motifs is 1. The monoisotopic (exact) mass is 383 g/mol. The minimum atomic E-state index is -0.579. The molecule has 0 aliphatic rings. The molecule has 1 unspecified atom stereocenters. The van der Waals surface area contributed by atoms with Crippen LogP contribution in [0.2, 0.25) is 0 Å². The second-order valence-electron chi connectivity index (χ2n) is 6.68. The molecule has 3 heterocycles. The number of pyridine rings is 3. The van der Waals surface area contributed by atoms with E-state index in [1.807, 2.05) is 60.7 Å². The zero-order valence-corrected chi connectivity index (χ0v) is 15.8. The van der Waals surface area contributed by atoms with E-state index in [1.54, 1.807) is 24.8 Å². The highest BCUT2D eigenvalue weighted by atomic mass is 16.2. The molecule has 1 amide bonds. The molecule has 0 radical (unpaired) electrons. The molecule has 4 rings (SSSR count). The Hall–Kier alpha value is -3.64. The molecule has 0 saturated heterocycles. The van der Waals surface area contributed by atoms with Crippen molar-refractivity contribution in [3.63, 3.8) is 0 Å².